The Labute approximate surface area is 109 Å². The van der Waals surface area contributed by atoms with Crippen molar-refractivity contribution in [1.29, 1.82) is 0 Å². The second-order valence-corrected chi connectivity index (χ2v) is 4.50. The first-order valence-electron chi connectivity index (χ1n) is 5.43. The molecule has 1 aromatic heterocycles. The second kappa shape index (κ2) is 5.84. The minimum Gasteiger partial charge on any atom is -0.490 e. The van der Waals surface area contributed by atoms with Crippen LogP contribution in [0.3, 0.4) is 0 Å². The minimum absolute atomic E-state index is 0.628. The molecular formula is C12H14BrN3O. The molecule has 4 nitrogen and oxygen atoms in total. The highest BCUT2D eigenvalue weighted by Crippen LogP contribution is 2.16. The van der Waals surface area contributed by atoms with Gasteiger partial charge < -0.3 is 10.5 Å². The molecule has 0 aliphatic carbocycles. The standard InChI is InChI=1S/C12H14BrN3O/c13-10-2-4-11(5-3-10)16-9-12(8-15-16)17-7-1-6-14/h2-5,8-9H,1,6-7,14H2. The second-order valence-electron chi connectivity index (χ2n) is 3.59. The predicted octanol–water partition coefficient (Wildman–Crippen LogP) is 2.36. The maximum Gasteiger partial charge on any atom is 0.157 e. The lowest BCUT2D eigenvalue weighted by Gasteiger charge is -2.01. The highest BCUT2D eigenvalue weighted by atomic mass is 79.9. The van der Waals surface area contributed by atoms with Gasteiger partial charge in [0.25, 0.3) is 0 Å². The van der Waals surface area contributed by atoms with Crippen LogP contribution in [0.5, 0.6) is 5.75 Å². The Morgan fingerprint density at radius 3 is 2.76 bits per heavy atom. The number of hydrogen-bond donors (Lipinski definition) is 1. The summed E-state index contributed by atoms with van der Waals surface area (Å²) in [6, 6.07) is 7.93. The molecule has 1 aromatic carbocycles. The first-order chi connectivity index (χ1) is 8.29. The van der Waals surface area contributed by atoms with E-state index >= 15 is 0 Å². The van der Waals surface area contributed by atoms with Gasteiger partial charge in [-0.1, -0.05) is 15.9 Å². The van der Waals surface area contributed by atoms with Gasteiger partial charge in [0.1, 0.15) is 0 Å². The Morgan fingerprint density at radius 2 is 2.06 bits per heavy atom. The lowest BCUT2D eigenvalue weighted by Crippen LogP contribution is -2.05. The normalized spacial score (nSPS) is 10.5. The first kappa shape index (κ1) is 12.1. The maximum atomic E-state index is 5.50. The van der Waals surface area contributed by atoms with Crippen molar-refractivity contribution in [3.8, 4) is 11.4 Å². The summed E-state index contributed by atoms with van der Waals surface area (Å²) < 4.78 is 8.33. The molecule has 0 amide bonds. The Bertz CT molecular complexity index is 467. The molecule has 0 spiro atoms. The summed E-state index contributed by atoms with van der Waals surface area (Å²) in [5.41, 5.74) is 6.40. The number of rotatable bonds is 5. The lowest BCUT2D eigenvalue weighted by molar-refractivity contribution is 0.313. The van der Waals surface area contributed by atoms with E-state index in [1.54, 1.807) is 10.9 Å². The Balaban J connectivity index is 2.04. The van der Waals surface area contributed by atoms with Crippen molar-refractivity contribution in [3.05, 3.63) is 41.1 Å². The van der Waals surface area contributed by atoms with Gasteiger partial charge in [0.05, 0.1) is 24.7 Å². The van der Waals surface area contributed by atoms with Crippen LogP contribution in [0.25, 0.3) is 5.69 Å². The van der Waals surface area contributed by atoms with Crippen LogP contribution in [0.15, 0.2) is 41.1 Å². The molecule has 90 valence electrons. The van der Waals surface area contributed by atoms with Crippen LogP contribution < -0.4 is 10.5 Å². The SMILES string of the molecule is NCCCOc1cnn(-c2ccc(Br)cc2)c1. The molecule has 0 saturated carbocycles. The van der Waals surface area contributed by atoms with Crippen LogP contribution in [-0.4, -0.2) is 22.9 Å². The first-order valence-corrected chi connectivity index (χ1v) is 6.22. The van der Waals surface area contributed by atoms with Gasteiger partial charge in [-0.25, -0.2) is 4.68 Å². The summed E-state index contributed by atoms with van der Waals surface area (Å²) in [5.74, 6) is 0.765. The molecule has 0 bridgehead atoms. The third kappa shape index (κ3) is 3.31. The molecule has 2 N–H and O–H groups in total. The van der Waals surface area contributed by atoms with Gasteiger partial charge in [0, 0.05) is 4.47 Å². The van der Waals surface area contributed by atoms with Crippen LogP contribution >= 0.6 is 15.9 Å². The molecule has 0 fully saturated rings. The van der Waals surface area contributed by atoms with Crippen LogP contribution in [-0.2, 0) is 0 Å². The van der Waals surface area contributed by atoms with Gasteiger partial charge in [-0.2, -0.15) is 5.10 Å². The van der Waals surface area contributed by atoms with Crippen molar-refractivity contribution < 1.29 is 4.74 Å². The van der Waals surface area contributed by atoms with Crippen molar-refractivity contribution in [3.63, 3.8) is 0 Å². The van der Waals surface area contributed by atoms with E-state index in [2.05, 4.69) is 21.0 Å². The molecule has 0 aliphatic rings. The van der Waals surface area contributed by atoms with Crippen LogP contribution in [0.1, 0.15) is 6.42 Å². The zero-order valence-electron chi connectivity index (χ0n) is 9.34. The smallest absolute Gasteiger partial charge is 0.157 e. The van der Waals surface area contributed by atoms with Gasteiger partial charge in [-0.3, -0.25) is 0 Å². The van der Waals surface area contributed by atoms with E-state index in [9.17, 15) is 0 Å². The zero-order valence-corrected chi connectivity index (χ0v) is 10.9. The van der Waals surface area contributed by atoms with E-state index < -0.39 is 0 Å². The fourth-order valence-electron chi connectivity index (χ4n) is 1.39. The highest BCUT2D eigenvalue weighted by Gasteiger charge is 2.01. The van der Waals surface area contributed by atoms with Gasteiger partial charge in [0.2, 0.25) is 0 Å². The van der Waals surface area contributed by atoms with Crippen molar-refractivity contribution in [2.45, 2.75) is 6.42 Å². The molecule has 2 aromatic rings. The monoisotopic (exact) mass is 295 g/mol. The van der Waals surface area contributed by atoms with Gasteiger partial charge >= 0.3 is 0 Å². The Kier molecular flexibility index (Phi) is 4.17. The quantitative estimate of drug-likeness (QED) is 0.862. The van der Waals surface area contributed by atoms with E-state index in [4.69, 9.17) is 10.5 Å². The molecular weight excluding hydrogens is 282 g/mol. The number of ether oxygens (including phenoxy) is 1. The Morgan fingerprint density at radius 1 is 1.29 bits per heavy atom. The molecule has 0 radical (unpaired) electrons. The summed E-state index contributed by atoms with van der Waals surface area (Å²) in [4.78, 5) is 0. The fraction of sp³-hybridized carbons (Fsp3) is 0.250. The van der Waals surface area contributed by atoms with Crippen molar-refractivity contribution in [1.82, 2.24) is 9.78 Å². The average Bonchev–Trinajstić information content (AvgIpc) is 2.79. The minimum atomic E-state index is 0.628. The molecule has 2 rings (SSSR count). The predicted molar refractivity (Wildman–Crippen MR) is 70.4 cm³/mol. The molecule has 0 saturated heterocycles. The summed E-state index contributed by atoms with van der Waals surface area (Å²) in [6.07, 6.45) is 4.42. The summed E-state index contributed by atoms with van der Waals surface area (Å²) in [5, 5.41) is 4.24. The summed E-state index contributed by atoms with van der Waals surface area (Å²) >= 11 is 3.40. The largest absolute Gasteiger partial charge is 0.490 e. The van der Waals surface area contributed by atoms with E-state index in [0.717, 1.165) is 22.3 Å². The molecule has 0 unspecified atom stereocenters. The zero-order chi connectivity index (χ0) is 12.1. The molecule has 5 heteroatoms. The fourth-order valence-corrected chi connectivity index (χ4v) is 1.65. The van der Waals surface area contributed by atoms with E-state index in [0.29, 0.717) is 13.2 Å². The van der Waals surface area contributed by atoms with Gasteiger partial charge in [-0.15, -0.1) is 0 Å². The third-order valence-corrected chi connectivity index (χ3v) is 2.80. The van der Waals surface area contributed by atoms with Crippen molar-refractivity contribution >= 4 is 15.9 Å². The summed E-state index contributed by atoms with van der Waals surface area (Å²) in [7, 11) is 0. The van der Waals surface area contributed by atoms with Gasteiger partial charge in [-0.05, 0) is 37.2 Å². The topological polar surface area (TPSA) is 53.1 Å². The van der Waals surface area contributed by atoms with E-state index in [1.807, 2.05) is 30.5 Å². The molecule has 0 atom stereocenters. The van der Waals surface area contributed by atoms with Crippen LogP contribution in [0, 0.1) is 0 Å². The van der Waals surface area contributed by atoms with E-state index in [1.165, 1.54) is 0 Å². The van der Waals surface area contributed by atoms with Crippen LogP contribution in [0.4, 0.5) is 0 Å². The number of hydrogen-bond acceptors (Lipinski definition) is 3. The van der Waals surface area contributed by atoms with Crippen molar-refractivity contribution in [2.24, 2.45) is 5.73 Å². The number of benzene rings is 1. The van der Waals surface area contributed by atoms with Gasteiger partial charge in [0.15, 0.2) is 5.75 Å². The molecule has 1 heterocycles. The third-order valence-electron chi connectivity index (χ3n) is 2.27. The van der Waals surface area contributed by atoms with E-state index in [-0.39, 0.29) is 0 Å². The molecule has 0 aliphatic heterocycles. The number of nitrogens with two attached hydrogens (primary N) is 1. The maximum absolute atomic E-state index is 5.50. The number of halogens is 1. The highest BCUT2D eigenvalue weighted by molar-refractivity contribution is 9.10. The summed E-state index contributed by atoms with van der Waals surface area (Å²) in [6.45, 7) is 1.27. The van der Waals surface area contributed by atoms with Crippen LogP contribution in [0.2, 0.25) is 0 Å². The van der Waals surface area contributed by atoms with Crippen molar-refractivity contribution in [2.75, 3.05) is 13.2 Å². The number of nitrogens with zero attached hydrogens (tertiary/aromatic N) is 2. The average molecular weight is 296 g/mol. The number of aromatic nitrogens is 2. The lowest BCUT2D eigenvalue weighted by atomic mass is 10.3. The molecule has 17 heavy (non-hydrogen) atoms. The Hall–Kier alpha value is -1.33.